The molecule has 106 valence electrons. The van der Waals surface area contributed by atoms with E-state index in [0.29, 0.717) is 6.04 Å². The van der Waals surface area contributed by atoms with Crippen LogP contribution in [0, 0.1) is 12.8 Å². The first-order valence-electron chi connectivity index (χ1n) is 7.81. The molecule has 0 spiro atoms. The van der Waals surface area contributed by atoms with Gasteiger partial charge in [0, 0.05) is 23.7 Å². The third-order valence-electron chi connectivity index (χ3n) is 4.45. The largest absolute Gasteiger partial charge is 0.310 e. The van der Waals surface area contributed by atoms with Gasteiger partial charge < -0.3 is 5.32 Å². The van der Waals surface area contributed by atoms with Crippen LogP contribution in [0.3, 0.4) is 0 Å². The number of nitrogens with one attached hydrogen (secondary N) is 1. The summed E-state index contributed by atoms with van der Waals surface area (Å²) in [6.45, 7) is 5.42. The maximum Gasteiger partial charge on any atom is 0.0708 e. The number of aromatic nitrogens is 1. The SMILES string of the molecule is Cc1cc(CNC2CCCC(C)C2)c2ccccc2n1. The van der Waals surface area contributed by atoms with Gasteiger partial charge in [0.1, 0.15) is 0 Å². The number of hydrogen-bond donors (Lipinski definition) is 1. The predicted molar refractivity (Wildman–Crippen MR) is 84.7 cm³/mol. The highest BCUT2D eigenvalue weighted by atomic mass is 14.9. The monoisotopic (exact) mass is 268 g/mol. The van der Waals surface area contributed by atoms with Crippen LogP contribution < -0.4 is 5.32 Å². The maximum absolute atomic E-state index is 4.62. The Morgan fingerprint density at radius 1 is 1.25 bits per heavy atom. The summed E-state index contributed by atoms with van der Waals surface area (Å²) in [6.07, 6.45) is 5.42. The molecule has 2 unspecified atom stereocenters. The van der Waals surface area contributed by atoms with Crippen molar-refractivity contribution in [2.45, 2.75) is 52.1 Å². The Hall–Kier alpha value is -1.41. The molecule has 2 aromatic rings. The Bertz CT molecular complexity index is 591. The van der Waals surface area contributed by atoms with Gasteiger partial charge in [-0.3, -0.25) is 4.98 Å². The average Bonchev–Trinajstić information content (AvgIpc) is 2.44. The number of para-hydroxylation sites is 1. The van der Waals surface area contributed by atoms with Crippen LogP contribution in [0.15, 0.2) is 30.3 Å². The molecule has 0 aliphatic heterocycles. The van der Waals surface area contributed by atoms with Crippen LogP contribution in [0.25, 0.3) is 10.9 Å². The lowest BCUT2D eigenvalue weighted by Crippen LogP contribution is -2.33. The van der Waals surface area contributed by atoms with Crippen LogP contribution in [-0.4, -0.2) is 11.0 Å². The van der Waals surface area contributed by atoms with Crippen molar-refractivity contribution in [3.8, 4) is 0 Å². The second kappa shape index (κ2) is 5.92. The Labute approximate surface area is 121 Å². The lowest BCUT2D eigenvalue weighted by atomic mass is 9.87. The van der Waals surface area contributed by atoms with Gasteiger partial charge in [-0.15, -0.1) is 0 Å². The fourth-order valence-corrected chi connectivity index (χ4v) is 3.41. The highest BCUT2D eigenvalue weighted by molar-refractivity contribution is 5.82. The van der Waals surface area contributed by atoms with Gasteiger partial charge in [0.2, 0.25) is 0 Å². The van der Waals surface area contributed by atoms with E-state index in [4.69, 9.17) is 0 Å². The van der Waals surface area contributed by atoms with E-state index >= 15 is 0 Å². The first-order chi connectivity index (χ1) is 9.72. The van der Waals surface area contributed by atoms with Gasteiger partial charge in [-0.1, -0.05) is 38.0 Å². The van der Waals surface area contributed by atoms with Crippen molar-refractivity contribution in [2.75, 3.05) is 0 Å². The Morgan fingerprint density at radius 3 is 2.95 bits per heavy atom. The van der Waals surface area contributed by atoms with Crippen molar-refractivity contribution in [2.24, 2.45) is 5.92 Å². The first kappa shape index (κ1) is 13.6. The molecule has 1 aromatic heterocycles. The molecule has 1 aliphatic carbocycles. The van der Waals surface area contributed by atoms with E-state index in [-0.39, 0.29) is 0 Å². The number of nitrogens with zero attached hydrogens (tertiary/aromatic N) is 1. The summed E-state index contributed by atoms with van der Waals surface area (Å²) < 4.78 is 0. The summed E-state index contributed by atoms with van der Waals surface area (Å²) in [5.41, 5.74) is 3.60. The van der Waals surface area contributed by atoms with Gasteiger partial charge >= 0.3 is 0 Å². The second-order valence-corrected chi connectivity index (χ2v) is 6.29. The van der Waals surface area contributed by atoms with Crippen molar-refractivity contribution in [3.05, 3.63) is 41.6 Å². The van der Waals surface area contributed by atoms with Crippen LogP contribution >= 0.6 is 0 Å². The quantitative estimate of drug-likeness (QED) is 0.902. The minimum Gasteiger partial charge on any atom is -0.310 e. The topological polar surface area (TPSA) is 24.9 Å². The van der Waals surface area contributed by atoms with E-state index in [9.17, 15) is 0 Å². The number of fused-ring (bicyclic) bond motifs is 1. The molecule has 20 heavy (non-hydrogen) atoms. The highest BCUT2D eigenvalue weighted by Gasteiger charge is 2.18. The normalized spacial score (nSPS) is 23.1. The van der Waals surface area contributed by atoms with E-state index in [0.717, 1.165) is 23.7 Å². The van der Waals surface area contributed by atoms with Crippen LogP contribution in [0.5, 0.6) is 0 Å². The molecule has 2 heteroatoms. The third-order valence-corrected chi connectivity index (χ3v) is 4.45. The lowest BCUT2D eigenvalue weighted by molar-refractivity contribution is 0.301. The molecule has 0 bridgehead atoms. The number of aryl methyl sites for hydroxylation is 1. The van der Waals surface area contributed by atoms with E-state index in [1.165, 1.54) is 36.6 Å². The molecular formula is C18H24N2. The van der Waals surface area contributed by atoms with E-state index in [1.807, 2.05) is 0 Å². The van der Waals surface area contributed by atoms with Gasteiger partial charge in [0.25, 0.3) is 0 Å². The van der Waals surface area contributed by atoms with Crippen molar-refractivity contribution < 1.29 is 0 Å². The van der Waals surface area contributed by atoms with Gasteiger partial charge in [0.05, 0.1) is 5.52 Å². The van der Waals surface area contributed by atoms with Crippen molar-refractivity contribution >= 4 is 10.9 Å². The van der Waals surface area contributed by atoms with Crippen molar-refractivity contribution in [3.63, 3.8) is 0 Å². The van der Waals surface area contributed by atoms with Crippen molar-refractivity contribution in [1.82, 2.24) is 10.3 Å². The Kier molecular flexibility index (Phi) is 4.02. The number of benzene rings is 1. The molecular weight excluding hydrogens is 244 g/mol. The molecule has 0 radical (unpaired) electrons. The summed E-state index contributed by atoms with van der Waals surface area (Å²) in [4.78, 5) is 4.62. The fraction of sp³-hybridized carbons (Fsp3) is 0.500. The predicted octanol–water partition coefficient (Wildman–Crippen LogP) is 4.21. The zero-order chi connectivity index (χ0) is 13.9. The zero-order valence-corrected chi connectivity index (χ0v) is 12.5. The van der Waals surface area contributed by atoms with Gasteiger partial charge in [0.15, 0.2) is 0 Å². The number of hydrogen-bond acceptors (Lipinski definition) is 2. The molecule has 2 atom stereocenters. The molecule has 1 heterocycles. The Balaban J connectivity index is 1.77. The average molecular weight is 268 g/mol. The fourth-order valence-electron chi connectivity index (χ4n) is 3.41. The maximum atomic E-state index is 4.62. The summed E-state index contributed by atoms with van der Waals surface area (Å²) >= 11 is 0. The molecule has 0 saturated heterocycles. The molecule has 1 N–H and O–H groups in total. The van der Waals surface area contributed by atoms with E-state index in [2.05, 4.69) is 54.5 Å². The minimum absolute atomic E-state index is 0.686. The number of pyridine rings is 1. The summed E-state index contributed by atoms with van der Waals surface area (Å²) in [7, 11) is 0. The molecule has 0 amide bonds. The van der Waals surface area contributed by atoms with Crippen LogP contribution in [0.1, 0.15) is 43.9 Å². The summed E-state index contributed by atoms with van der Waals surface area (Å²) in [5.74, 6) is 0.872. The first-order valence-corrected chi connectivity index (χ1v) is 7.81. The highest BCUT2D eigenvalue weighted by Crippen LogP contribution is 2.24. The molecule has 1 aliphatic rings. The van der Waals surface area contributed by atoms with Crippen LogP contribution in [-0.2, 0) is 6.54 Å². The smallest absolute Gasteiger partial charge is 0.0708 e. The molecule has 2 nitrogen and oxygen atoms in total. The second-order valence-electron chi connectivity index (χ2n) is 6.29. The van der Waals surface area contributed by atoms with E-state index in [1.54, 1.807) is 0 Å². The summed E-state index contributed by atoms with van der Waals surface area (Å²) in [5, 5.41) is 5.05. The molecule has 1 saturated carbocycles. The standard InChI is InChI=1S/C18H24N2/c1-13-6-5-7-16(10-13)19-12-15-11-14(2)20-18-9-4-3-8-17(15)18/h3-4,8-9,11,13,16,19H,5-7,10,12H2,1-2H3. The molecule has 1 fully saturated rings. The van der Waals surface area contributed by atoms with Gasteiger partial charge in [-0.2, -0.15) is 0 Å². The summed E-state index contributed by atoms with van der Waals surface area (Å²) in [6, 6.07) is 11.4. The van der Waals surface area contributed by atoms with Crippen molar-refractivity contribution in [1.29, 1.82) is 0 Å². The molecule has 3 rings (SSSR count). The minimum atomic E-state index is 0.686. The zero-order valence-electron chi connectivity index (χ0n) is 12.5. The third kappa shape index (κ3) is 3.01. The number of rotatable bonds is 3. The van der Waals surface area contributed by atoms with Gasteiger partial charge in [-0.05, 0) is 43.4 Å². The van der Waals surface area contributed by atoms with Crippen LogP contribution in [0.4, 0.5) is 0 Å². The van der Waals surface area contributed by atoms with Gasteiger partial charge in [-0.25, -0.2) is 0 Å². The Morgan fingerprint density at radius 2 is 2.10 bits per heavy atom. The molecule has 1 aromatic carbocycles. The lowest BCUT2D eigenvalue weighted by Gasteiger charge is -2.27. The van der Waals surface area contributed by atoms with E-state index < -0.39 is 0 Å². The van der Waals surface area contributed by atoms with Crippen LogP contribution in [0.2, 0.25) is 0 Å².